The molecule has 1 aliphatic carbocycles. The zero-order chi connectivity index (χ0) is 13.9. The summed E-state index contributed by atoms with van der Waals surface area (Å²) in [5.74, 6) is -1.96. The van der Waals surface area contributed by atoms with Crippen LogP contribution in [-0.4, -0.2) is 31.3 Å². The lowest BCUT2D eigenvalue weighted by molar-refractivity contribution is 0.0692. The third-order valence-electron chi connectivity index (χ3n) is 3.66. The van der Waals surface area contributed by atoms with E-state index in [1.165, 1.54) is 12.1 Å². The number of carbonyl (C=O) groups is 1. The molecule has 19 heavy (non-hydrogen) atoms. The fourth-order valence-corrected chi connectivity index (χ4v) is 2.10. The number of hydrogen-bond donors (Lipinski definition) is 2. The molecule has 1 aromatic carbocycles. The number of ether oxygens (including phenoxy) is 1. The van der Waals surface area contributed by atoms with Gasteiger partial charge < -0.3 is 15.2 Å². The number of benzene rings is 1. The van der Waals surface area contributed by atoms with Crippen LogP contribution >= 0.6 is 0 Å². The van der Waals surface area contributed by atoms with Gasteiger partial charge in [0.1, 0.15) is 5.82 Å². The van der Waals surface area contributed by atoms with Gasteiger partial charge in [-0.1, -0.05) is 0 Å². The Morgan fingerprint density at radius 3 is 2.79 bits per heavy atom. The largest absolute Gasteiger partial charge is 0.478 e. The highest BCUT2D eigenvalue weighted by molar-refractivity contribution is 5.88. The molecule has 0 atom stereocenters. The average molecular weight is 267 g/mol. The predicted molar refractivity (Wildman–Crippen MR) is 70.0 cm³/mol. The van der Waals surface area contributed by atoms with Crippen molar-refractivity contribution in [1.82, 2.24) is 0 Å². The first-order chi connectivity index (χ1) is 9.06. The van der Waals surface area contributed by atoms with E-state index in [0.717, 1.165) is 32.4 Å². The Kier molecular flexibility index (Phi) is 4.04. The van der Waals surface area contributed by atoms with Gasteiger partial charge in [0.25, 0.3) is 0 Å². The molecule has 0 aliphatic heterocycles. The molecule has 0 spiro atoms. The lowest BCUT2D eigenvalue weighted by Crippen LogP contribution is -2.17. The molecule has 0 heterocycles. The molecule has 0 unspecified atom stereocenters. The minimum absolute atomic E-state index is 0.262. The van der Waals surface area contributed by atoms with E-state index in [0.29, 0.717) is 5.69 Å². The molecule has 104 valence electrons. The second-order valence-corrected chi connectivity index (χ2v) is 5.10. The highest BCUT2D eigenvalue weighted by Crippen LogP contribution is 2.48. The molecule has 1 fully saturated rings. The SMILES string of the molecule is COCCC1(CNc2ccc(C(=O)O)c(F)c2)CC1. The molecule has 2 N–H and O–H groups in total. The first-order valence-corrected chi connectivity index (χ1v) is 6.32. The van der Waals surface area contributed by atoms with Gasteiger partial charge in [0, 0.05) is 25.9 Å². The minimum Gasteiger partial charge on any atom is -0.478 e. The standard InChI is InChI=1S/C14H18FNO3/c1-19-7-6-14(4-5-14)9-16-10-2-3-11(13(17)18)12(15)8-10/h2-3,8,16H,4-7,9H2,1H3,(H,17,18). The van der Waals surface area contributed by atoms with Crippen LogP contribution in [-0.2, 0) is 4.74 Å². The number of nitrogens with one attached hydrogen (secondary N) is 1. The number of carboxylic acids is 1. The van der Waals surface area contributed by atoms with E-state index in [-0.39, 0.29) is 11.0 Å². The molecule has 0 amide bonds. The van der Waals surface area contributed by atoms with Crippen LogP contribution in [0.1, 0.15) is 29.6 Å². The maximum Gasteiger partial charge on any atom is 0.338 e. The zero-order valence-corrected chi connectivity index (χ0v) is 10.9. The number of carboxylic acid groups (broad SMARTS) is 1. The van der Waals surface area contributed by atoms with Crippen molar-refractivity contribution in [3.05, 3.63) is 29.6 Å². The van der Waals surface area contributed by atoms with Crippen LogP contribution in [0.25, 0.3) is 0 Å². The number of hydrogen-bond acceptors (Lipinski definition) is 3. The number of aromatic carboxylic acids is 1. The van der Waals surface area contributed by atoms with E-state index >= 15 is 0 Å². The number of methoxy groups -OCH3 is 1. The highest BCUT2D eigenvalue weighted by Gasteiger charge is 2.41. The lowest BCUT2D eigenvalue weighted by Gasteiger charge is -2.16. The van der Waals surface area contributed by atoms with E-state index in [2.05, 4.69) is 5.32 Å². The molecular formula is C14H18FNO3. The van der Waals surface area contributed by atoms with Crippen LogP contribution in [0.2, 0.25) is 0 Å². The van der Waals surface area contributed by atoms with Crippen molar-refractivity contribution >= 4 is 11.7 Å². The molecule has 1 saturated carbocycles. The highest BCUT2D eigenvalue weighted by atomic mass is 19.1. The molecule has 0 aromatic heterocycles. The Balaban J connectivity index is 1.93. The maximum absolute atomic E-state index is 13.5. The van der Waals surface area contributed by atoms with Crippen LogP contribution in [0.4, 0.5) is 10.1 Å². The predicted octanol–water partition coefficient (Wildman–Crippen LogP) is 2.75. The van der Waals surface area contributed by atoms with Crippen molar-refractivity contribution in [2.45, 2.75) is 19.3 Å². The molecule has 0 radical (unpaired) electrons. The molecular weight excluding hydrogens is 249 g/mol. The summed E-state index contributed by atoms with van der Waals surface area (Å²) in [6.07, 6.45) is 3.30. The van der Waals surface area contributed by atoms with E-state index in [9.17, 15) is 9.18 Å². The van der Waals surface area contributed by atoms with Crippen LogP contribution in [0.5, 0.6) is 0 Å². The van der Waals surface area contributed by atoms with Gasteiger partial charge in [0.15, 0.2) is 0 Å². The summed E-state index contributed by atoms with van der Waals surface area (Å²) in [5, 5.41) is 11.9. The zero-order valence-electron chi connectivity index (χ0n) is 10.9. The fourth-order valence-electron chi connectivity index (χ4n) is 2.10. The lowest BCUT2D eigenvalue weighted by atomic mass is 10.0. The second-order valence-electron chi connectivity index (χ2n) is 5.10. The van der Waals surface area contributed by atoms with E-state index < -0.39 is 11.8 Å². The van der Waals surface area contributed by atoms with Crippen molar-refractivity contribution in [3.63, 3.8) is 0 Å². The van der Waals surface area contributed by atoms with E-state index in [1.54, 1.807) is 13.2 Å². The van der Waals surface area contributed by atoms with Crippen molar-refractivity contribution in [2.75, 3.05) is 25.6 Å². The molecule has 0 saturated heterocycles. The second kappa shape index (κ2) is 5.57. The van der Waals surface area contributed by atoms with Gasteiger partial charge >= 0.3 is 5.97 Å². The van der Waals surface area contributed by atoms with Gasteiger partial charge in [-0.15, -0.1) is 0 Å². The van der Waals surface area contributed by atoms with Gasteiger partial charge in [-0.2, -0.15) is 0 Å². The summed E-state index contributed by atoms with van der Waals surface area (Å²) >= 11 is 0. The van der Waals surface area contributed by atoms with Gasteiger partial charge in [-0.3, -0.25) is 0 Å². The molecule has 0 bridgehead atoms. The van der Waals surface area contributed by atoms with Crippen molar-refractivity contribution in [2.24, 2.45) is 5.41 Å². The van der Waals surface area contributed by atoms with Gasteiger partial charge in [-0.25, -0.2) is 9.18 Å². The topological polar surface area (TPSA) is 58.6 Å². The Labute approximate surface area is 111 Å². The number of halogens is 1. The third-order valence-corrected chi connectivity index (χ3v) is 3.66. The summed E-state index contributed by atoms with van der Waals surface area (Å²) in [4.78, 5) is 10.7. The van der Waals surface area contributed by atoms with Gasteiger partial charge in [0.05, 0.1) is 5.56 Å². The fraction of sp³-hybridized carbons (Fsp3) is 0.500. The van der Waals surface area contributed by atoms with E-state index in [1.807, 2.05) is 0 Å². The summed E-state index contributed by atoms with van der Waals surface area (Å²) in [7, 11) is 1.68. The quantitative estimate of drug-likeness (QED) is 0.797. The first kappa shape index (κ1) is 13.8. The smallest absolute Gasteiger partial charge is 0.338 e. The molecule has 4 nitrogen and oxygen atoms in total. The number of rotatable bonds is 7. The first-order valence-electron chi connectivity index (χ1n) is 6.32. The average Bonchev–Trinajstić information content (AvgIpc) is 3.14. The monoisotopic (exact) mass is 267 g/mol. The molecule has 5 heteroatoms. The van der Waals surface area contributed by atoms with Crippen molar-refractivity contribution < 1.29 is 19.0 Å². The molecule has 2 rings (SSSR count). The summed E-state index contributed by atoms with van der Waals surface area (Å²) in [6, 6.07) is 4.11. The Morgan fingerprint density at radius 1 is 1.53 bits per heavy atom. The van der Waals surface area contributed by atoms with Crippen LogP contribution in [0.3, 0.4) is 0 Å². The Morgan fingerprint density at radius 2 is 2.26 bits per heavy atom. The van der Waals surface area contributed by atoms with Crippen LogP contribution in [0, 0.1) is 11.2 Å². The molecule has 1 aliphatic rings. The third kappa shape index (κ3) is 3.44. The van der Waals surface area contributed by atoms with Gasteiger partial charge in [0.2, 0.25) is 0 Å². The van der Waals surface area contributed by atoms with Gasteiger partial charge in [-0.05, 0) is 42.9 Å². The Hall–Kier alpha value is -1.62. The summed E-state index contributed by atoms with van der Waals surface area (Å²) in [6.45, 7) is 1.50. The summed E-state index contributed by atoms with van der Waals surface area (Å²) in [5.41, 5.74) is 0.579. The molecule has 1 aromatic rings. The summed E-state index contributed by atoms with van der Waals surface area (Å²) < 4.78 is 18.6. The van der Waals surface area contributed by atoms with E-state index in [4.69, 9.17) is 9.84 Å². The number of anilines is 1. The van der Waals surface area contributed by atoms with Crippen molar-refractivity contribution in [3.8, 4) is 0 Å². The Bertz CT molecular complexity index is 472. The maximum atomic E-state index is 13.5. The normalized spacial score (nSPS) is 16.1. The van der Waals surface area contributed by atoms with Crippen molar-refractivity contribution in [1.29, 1.82) is 0 Å². The van der Waals surface area contributed by atoms with Crippen LogP contribution < -0.4 is 5.32 Å². The minimum atomic E-state index is -1.25. The van der Waals surface area contributed by atoms with Crippen LogP contribution in [0.15, 0.2) is 18.2 Å².